The maximum atomic E-state index is 10.9. The van der Waals surface area contributed by atoms with Gasteiger partial charge in [-0.15, -0.1) is 0 Å². The predicted molar refractivity (Wildman–Crippen MR) is 75.3 cm³/mol. The number of aliphatic carboxylic acids is 1. The second kappa shape index (κ2) is 8.69. The second-order valence-electron chi connectivity index (χ2n) is 3.68. The van der Waals surface area contributed by atoms with Crippen LogP contribution in [0.3, 0.4) is 0 Å². The molecule has 19 heavy (non-hydrogen) atoms. The number of carboxylic acid groups (broad SMARTS) is 2. The van der Waals surface area contributed by atoms with Gasteiger partial charge in [-0.05, 0) is 24.1 Å². The molecular weight excluding hydrogens is 244 g/mol. The van der Waals surface area contributed by atoms with Crippen molar-refractivity contribution in [2.24, 2.45) is 0 Å². The first kappa shape index (κ1) is 16.6. The SMILES string of the molecule is C=C/C=C\c1c(C)cccc1C(=O)O.CCC(=O)O. The van der Waals surface area contributed by atoms with E-state index in [4.69, 9.17) is 10.2 Å². The highest BCUT2D eigenvalue weighted by Crippen LogP contribution is 2.16. The fraction of sp³-hybridized carbons (Fsp3) is 0.200. The quantitative estimate of drug-likeness (QED) is 0.816. The van der Waals surface area contributed by atoms with Crippen LogP contribution < -0.4 is 0 Å². The molecule has 0 unspecified atom stereocenters. The molecular formula is C15H18O4. The van der Waals surface area contributed by atoms with Crippen molar-refractivity contribution in [3.05, 3.63) is 53.6 Å². The molecule has 0 fully saturated rings. The smallest absolute Gasteiger partial charge is 0.336 e. The number of aryl methyl sites for hydroxylation is 1. The van der Waals surface area contributed by atoms with Crippen molar-refractivity contribution in [2.75, 3.05) is 0 Å². The van der Waals surface area contributed by atoms with Gasteiger partial charge >= 0.3 is 11.9 Å². The standard InChI is InChI=1S/C12H12O2.C3H6O2/c1-3-4-7-10-9(2)6-5-8-11(10)12(13)14;1-2-3(4)5/h3-8H,1H2,2H3,(H,13,14);2H2,1H3,(H,4,5)/b7-4-;. The fourth-order valence-electron chi connectivity index (χ4n) is 1.25. The van der Waals surface area contributed by atoms with Gasteiger partial charge in [-0.25, -0.2) is 4.79 Å². The molecule has 0 saturated carbocycles. The molecule has 2 N–H and O–H groups in total. The topological polar surface area (TPSA) is 74.6 Å². The zero-order valence-electron chi connectivity index (χ0n) is 11.1. The average Bonchev–Trinajstić information content (AvgIpc) is 2.37. The Kier molecular flexibility index (Phi) is 7.61. The van der Waals surface area contributed by atoms with E-state index in [0.717, 1.165) is 11.1 Å². The van der Waals surface area contributed by atoms with Crippen LogP contribution in [0.4, 0.5) is 0 Å². The fourth-order valence-corrected chi connectivity index (χ4v) is 1.25. The lowest BCUT2D eigenvalue weighted by molar-refractivity contribution is -0.136. The van der Waals surface area contributed by atoms with Gasteiger partial charge < -0.3 is 10.2 Å². The zero-order chi connectivity index (χ0) is 14.8. The summed E-state index contributed by atoms with van der Waals surface area (Å²) in [5.74, 6) is -1.65. The minimum absolute atomic E-state index is 0.222. The molecule has 1 aromatic carbocycles. The van der Waals surface area contributed by atoms with Gasteiger partial charge in [-0.1, -0.05) is 43.9 Å². The molecule has 0 aromatic heterocycles. The Labute approximate surface area is 112 Å². The number of benzene rings is 1. The molecule has 0 aliphatic carbocycles. The first-order chi connectivity index (χ1) is 8.93. The Hall–Kier alpha value is -2.36. The molecule has 0 heterocycles. The molecule has 0 radical (unpaired) electrons. The summed E-state index contributed by atoms with van der Waals surface area (Å²) in [6.07, 6.45) is 5.33. The first-order valence-electron chi connectivity index (χ1n) is 5.77. The highest BCUT2D eigenvalue weighted by atomic mass is 16.4. The molecule has 0 aliphatic heterocycles. The number of allylic oxidation sites excluding steroid dienone is 2. The number of carbonyl (C=O) groups is 2. The van der Waals surface area contributed by atoms with Gasteiger partial charge in [0.1, 0.15) is 0 Å². The predicted octanol–water partition coefficient (Wildman–Crippen LogP) is 3.37. The van der Waals surface area contributed by atoms with E-state index in [9.17, 15) is 9.59 Å². The van der Waals surface area contributed by atoms with Crippen LogP contribution in [0.5, 0.6) is 0 Å². The summed E-state index contributed by atoms with van der Waals surface area (Å²) in [4.78, 5) is 20.2. The van der Waals surface area contributed by atoms with Crippen molar-refractivity contribution in [3.8, 4) is 0 Å². The zero-order valence-corrected chi connectivity index (χ0v) is 11.1. The van der Waals surface area contributed by atoms with Gasteiger partial charge in [0.2, 0.25) is 0 Å². The van der Waals surface area contributed by atoms with E-state index in [-0.39, 0.29) is 6.42 Å². The maximum absolute atomic E-state index is 10.9. The summed E-state index contributed by atoms with van der Waals surface area (Å²) in [5.41, 5.74) is 2.01. The molecule has 0 atom stereocenters. The van der Waals surface area contributed by atoms with Gasteiger partial charge in [0.05, 0.1) is 5.56 Å². The van der Waals surface area contributed by atoms with Gasteiger partial charge in [0, 0.05) is 6.42 Å². The van der Waals surface area contributed by atoms with Gasteiger partial charge in [-0.3, -0.25) is 4.79 Å². The summed E-state index contributed by atoms with van der Waals surface area (Å²) in [5, 5.41) is 16.7. The summed E-state index contributed by atoms with van der Waals surface area (Å²) < 4.78 is 0. The van der Waals surface area contributed by atoms with Crippen LogP contribution >= 0.6 is 0 Å². The Balaban J connectivity index is 0.000000555. The summed E-state index contributed by atoms with van der Waals surface area (Å²) in [6.45, 7) is 7.03. The van der Waals surface area contributed by atoms with Crippen molar-refractivity contribution in [3.63, 3.8) is 0 Å². The van der Waals surface area contributed by atoms with Gasteiger partial charge in [0.25, 0.3) is 0 Å². The van der Waals surface area contributed by atoms with E-state index in [0.29, 0.717) is 5.56 Å². The Morgan fingerprint density at radius 2 is 1.89 bits per heavy atom. The van der Waals surface area contributed by atoms with E-state index in [2.05, 4.69) is 6.58 Å². The van der Waals surface area contributed by atoms with E-state index in [1.807, 2.05) is 13.0 Å². The number of hydrogen-bond acceptors (Lipinski definition) is 2. The van der Waals surface area contributed by atoms with Gasteiger partial charge in [-0.2, -0.15) is 0 Å². The molecule has 1 aromatic rings. The molecule has 4 nitrogen and oxygen atoms in total. The monoisotopic (exact) mass is 262 g/mol. The Morgan fingerprint density at radius 3 is 2.32 bits per heavy atom. The molecule has 102 valence electrons. The maximum Gasteiger partial charge on any atom is 0.336 e. The van der Waals surface area contributed by atoms with E-state index < -0.39 is 11.9 Å². The highest BCUT2D eigenvalue weighted by molar-refractivity contribution is 5.92. The van der Waals surface area contributed by atoms with Crippen LogP contribution in [0.15, 0.2) is 36.9 Å². The summed E-state index contributed by atoms with van der Waals surface area (Å²) in [7, 11) is 0. The van der Waals surface area contributed by atoms with Crippen LogP contribution in [-0.4, -0.2) is 22.2 Å². The average molecular weight is 262 g/mol. The van der Waals surface area contributed by atoms with Crippen molar-refractivity contribution < 1.29 is 19.8 Å². The van der Waals surface area contributed by atoms with Crippen molar-refractivity contribution in [2.45, 2.75) is 20.3 Å². The molecule has 1 rings (SSSR count). The lowest BCUT2D eigenvalue weighted by Crippen LogP contribution is -2.00. The van der Waals surface area contributed by atoms with Crippen LogP contribution in [0.25, 0.3) is 6.08 Å². The third-order valence-corrected chi connectivity index (χ3v) is 2.26. The van der Waals surface area contributed by atoms with Crippen LogP contribution in [0, 0.1) is 6.92 Å². The Bertz CT molecular complexity index is 487. The lowest BCUT2D eigenvalue weighted by Gasteiger charge is -2.04. The lowest BCUT2D eigenvalue weighted by atomic mass is 10.0. The highest BCUT2D eigenvalue weighted by Gasteiger charge is 2.08. The molecule has 0 amide bonds. The van der Waals surface area contributed by atoms with E-state index in [1.54, 1.807) is 37.3 Å². The third-order valence-electron chi connectivity index (χ3n) is 2.26. The van der Waals surface area contributed by atoms with Crippen molar-refractivity contribution in [1.82, 2.24) is 0 Å². The Morgan fingerprint density at radius 1 is 1.32 bits per heavy atom. The third kappa shape index (κ3) is 6.21. The van der Waals surface area contributed by atoms with Crippen molar-refractivity contribution >= 4 is 18.0 Å². The van der Waals surface area contributed by atoms with Crippen molar-refractivity contribution in [1.29, 1.82) is 0 Å². The normalized spacial score (nSPS) is 9.58. The minimum atomic E-state index is -0.905. The second-order valence-corrected chi connectivity index (χ2v) is 3.68. The van der Waals surface area contributed by atoms with Crippen LogP contribution in [-0.2, 0) is 4.79 Å². The number of rotatable bonds is 4. The van der Waals surface area contributed by atoms with Crippen LogP contribution in [0.2, 0.25) is 0 Å². The number of hydrogen-bond donors (Lipinski definition) is 2. The minimum Gasteiger partial charge on any atom is -0.481 e. The first-order valence-corrected chi connectivity index (χ1v) is 5.77. The van der Waals surface area contributed by atoms with Crippen LogP contribution in [0.1, 0.15) is 34.8 Å². The largest absolute Gasteiger partial charge is 0.481 e. The number of aromatic carboxylic acids is 1. The molecule has 0 saturated heterocycles. The molecule has 0 aliphatic rings. The summed E-state index contributed by atoms with van der Waals surface area (Å²) in [6, 6.07) is 5.22. The van der Waals surface area contributed by atoms with E-state index in [1.165, 1.54) is 0 Å². The molecule has 0 spiro atoms. The molecule has 0 bridgehead atoms. The van der Waals surface area contributed by atoms with E-state index >= 15 is 0 Å². The number of carboxylic acids is 2. The van der Waals surface area contributed by atoms with Gasteiger partial charge in [0.15, 0.2) is 0 Å². The summed E-state index contributed by atoms with van der Waals surface area (Å²) >= 11 is 0. The molecule has 4 heteroatoms.